The van der Waals surface area contributed by atoms with E-state index in [0.717, 1.165) is 31.5 Å². The lowest BCUT2D eigenvalue weighted by atomic mass is 9.92. The first-order valence-corrected chi connectivity index (χ1v) is 12.0. The van der Waals surface area contributed by atoms with Crippen LogP contribution in [0.2, 0.25) is 0 Å². The number of aryl methyl sites for hydroxylation is 1. The van der Waals surface area contributed by atoms with Crippen molar-refractivity contribution in [2.24, 2.45) is 5.92 Å². The Kier molecular flexibility index (Phi) is 9.07. The minimum atomic E-state index is -3.60. The van der Waals surface area contributed by atoms with E-state index in [-0.39, 0.29) is 16.8 Å². The van der Waals surface area contributed by atoms with Gasteiger partial charge in [-0.05, 0) is 30.5 Å². The molecule has 0 aliphatic carbocycles. The van der Waals surface area contributed by atoms with E-state index in [1.165, 1.54) is 12.1 Å². The van der Waals surface area contributed by atoms with Crippen LogP contribution in [0.4, 0.5) is 0 Å². The van der Waals surface area contributed by atoms with Crippen LogP contribution in [0.3, 0.4) is 0 Å². The van der Waals surface area contributed by atoms with Crippen LogP contribution >= 0.6 is 0 Å². The average Bonchev–Trinajstić information content (AvgIpc) is 2.71. The summed E-state index contributed by atoms with van der Waals surface area (Å²) in [7, 11) is -3.60. The van der Waals surface area contributed by atoms with Gasteiger partial charge in [0, 0.05) is 37.8 Å². The molecule has 1 heterocycles. The Morgan fingerprint density at radius 3 is 2.41 bits per heavy atom. The highest BCUT2D eigenvalue weighted by Crippen LogP contribution is 2.20. The number of ether oxygens (including phenoxy) is 1. The van der Waals surface area contributed by atoms with Crippen molar-refractivity contribution < 1.29 is 17.9 Å². The van der Waals surface area contributed by atoms with E-state index >= 15 is 0 Å². The van der Waals surface area contributed by atoms with E-state index in [2.05, 4.69) is 28.8 Å². The molecular formula is C21H35N3O4S. The van der Waals surface area contributed by atoms with Crippen LogP contribution in [0.5, 0.6) is 0 Å². The van der Waals surface area contributed by atoms with Gasteiger partial charge in [0.25, 0.3) is 5.91 Å². The van der Waals surface area contributed by atoms with Crippen LogP contribution in [-0.4, -0.2) is 64.7 Å². The lowest BCUT2D eigenvalue weighted by Gasteiger charge is -2.38. The second-order valence-corrected chi connectivity index (χ2v) is 9.25. The molecule has 1 saturated heterocycles. The molecule has 164 valence electrons. The van der Waals surface area contributed by atoms with Crippen LogP contribution in [0.15, 0.2) is 23.1 Å². The maximum absolute atomic E-state index is 12.9. The number of hydrogen-bond donors (Lipinski definition) is 2. The fourth-order valence-electron chi connectivity index (χ4n) is 3.91. The van der Waals surface area contributed by atoms with E-state index in [0.29, 0.717) is 37.8 Å². The number of hydrogen-bond acceptors (Lipinski definition) is 5. The number of nitrogens with one attached hydrogen (secondary N) is 2. The molecule has 1 fully saturated rings. The second kappa shape index (κ2) is 11.1. The lowest BCUT2D eigenvalue weighted by molar-refractivity contribution is 0.00191. The van der Waals surface area contributed by atoms with Gasteiger partial charge in [-0.15, -0.1) is 0 Å². The van der Waals surface area contributed by atoms with Gasteiger partial charge in [0.15, 0.2) is 0 Å². The third-order valence-corrected chi connectivity index (χ3v) is 7.22. The Morgan fingerprint density at radius 1 is 1.17 bits per heavy atom. The quantitative estimate of drug-likeness (QED) is 0.600. The molecule has 29 heavy (non-hydrogen) atoms. The van der Waals surface area contributed by atoms with Crippen LogP contribution < -0.4 is 10.0 Å². The van der Waals surface area contributed by atoms with Crippen molar-refractivity contribution in [2.45, 2.75) is 51.5 Å². The van der Waals surface area contributed by atoms with Gasteiger partial charge in [0.2, 0.25) is 10.0 Å². The van der Waals surface area contributed by atoms with E-state index in [1.54, 1.807) is 13.0 Å². The molecule has 1 atom stereocenters. The number of sulfonamides is 1. The number of carbonyl (C=O) groups excluding carboxylic acids is 1. The third kappa shape index (κ3) is 6.25. The Bertz CT molecular complexity index is 772. The van der Waals surface area contributed by atoms with Crippen molar-refractivity contribution in [3.05, 3.63) is 29.3 Å². The van der Waals surface area contributed by atoms with Crippen molar-refractivity contribution in [3.63, 3.8) is 0 Å². The molecule has 7 nitrogen and oxygen atoms in total. The summed E-state index contributed by atoms with van der Waals surface area (Å²) in [4.78, 5) is 15.4. The molecule has 1 aliphatic rings. The summed E-state index contributed by atoms with van der Waals surface area (Å²) >= 11 is 0. The molecule has 8 heteroatoms. The van der Waals surface area contributed by atoms with Crippen molar-refractivity contribution in [2.75, 3.05) is 39.4 Å². The fourth-order valence-corrected chi connectivity index (χ4v) is 4.98. The summed E-state index contributed by atoms with van der Waals surface area (Å²) in [6.45, 7) is 11.9. The number of benzene rings is 1. The predicted molar refractivity (Wildman–Crippen MR) is 115 cm³/mol. The van der Waals surface area contributed by atoms with Crippen LogP contribution in [0, 0.1) is 12.8 Å². The molecule has 0 unspecified atom stereocenters. The van der Waals surface area contributed by atoms with E-state index in [4.69, 9.17) is 4.74 Å². The van der Waals surface area contributed by atoms with E-state index < -0.39 is 10.0 Å². The number of amides is 1. The van der Waals surface area contributed by atoms with Gasteiger partial charge in [-0.3, -0.25) is 9.69 Å². The predicted octanol–water partition coefficient (Wildman–Crippen LogP) is 2.16. The van der Waals surface area contributed by atoms with Crippen molar-refractivity contribution in [1.29, 1.82) is 0 Å². The number of rotatable bonds is 10. The van der Waals surface area contributed by atoms with Crippen LogP contribution in [0.1, 0.15) is 49.5 Å². The molecule has 0 aromatic heterocycles. The average molecular weight is 426 g/mol. The van der Waals surface area contributed by atoms with Crippen molar-refractivity contribution in [1.82, 2.24) is 14.9 Å². The lowest BCUT2D eigenvalue weighted by Crippen LogP contribution is -2.52. The summed E-state index contributed by atoms with van der Waals surface area (Å²) in [6, 6.07) is 4.92. The maximum atomic E-state index is 12.9. The highest BCUT2D eigenvalue weighted by molar-refractivity contribution is 7.89. The first-order valence-electron chi connectivity index (χ1n) is 10.5. The Labute approximate surface area is 175 Å². The van der Waals surface area contributed by atoms with Gasteiger partial charge >= 0.3 is 0 Å². The highest BCUT2D eigenvalue weighted by atomic mass is 32.2. The maximum Gasteiger partial charge on any atom is 0.251 e. The Morgan fingerprint density at radius 2 is 1.83 bits per heavy atom. The topological polar surface area (TPSA) is 87.7 Å². The number of nitrogens with zero attached hydrogens (tertiary/aromatic N) is 1. The Hall–Kier alpha value is -1.48. The monoisotopic (exact) mass is 425 g/mol. The van der Waals surface area contributed by atoms with Crippen LogP contribution in [-0.2, 0) is 14.8 Å². The normalized spacial score (nSPS) is 16.7. The van der Waals surface area contributed by atoms with Gasteiger partial charge in [-0.2, -0.15) is 0 Å². The second-order valence-electron chi connectivity index (χ2n) is 7.48. The molecular weight excluding hydrogens is 390 g/mol. The molecule has 1 aliphatic heterocycles. The Balaban J connectivity index is 2.17. The number of morpholine rings is 1. The summed E-state index contributed by atoms with van der Waals surface area (Å²) in [5, 5.41) is 3.06. The third-order valence-electron chi connectivity index (χ3n) is 5.68. The molecule has 1 amide bonds. The first kappa shape index (κ1) is 23.8. The zero-order valence-corrected chi connectivity index (χ0v) is 18.8. The molecule has 2 rings (SSSR count). The van der Waals surface area contributed by atoms with Gasteiger partial charge < -0.3 is 10.1 Å². The smallest absolute Gasteiger partial charge is 0.251 e. The largest absolute Gasteiger partial charge is 0.379 e. The molecule has 1 aromatic carbocycles. The van der Waals surface area contributed by atoms with Gasteiger partial charge in [0.1, 0.15) is 0 Å². The molecule has 0 radical (unpaired) electrons. The molecule has 1 aromatic rings. The van der Waals surface area contributed by atoms with Crippen molar-refractivity contribution in [3.8, 4) is 0 Å². The van der Waals surface area contributed by atoms with Crippen LogP contribution in [0.25, 0.3) is 0 Å². The minimum Gasteiger partial charge on any atom is -0.379 e. The van der Waals surface area contributed by atoms with Gasteiger partial charge in [0.05, 0.1) is 18.1 Å². The van der Waals surface area contributed by atoms with E-state index in [9.17, 15) is 13.2 Å². The fraction of sp³-hybridized carbons (Fsp3) is 0.667. The SMILES string of the molecule is CCNS(=O)(=O)c1ccc(C)c(C(=O)NC[C@@H](C(CC)CC)N2CCOCC2)c1. The van der Waals surface area contributed by atoms with Gasteiger partial charge in [-0.1, -0.05) is 39.7 Å². The highest BCUT2D eigenvalue weighted by Gasteiger charge is 2.27. The summed E-state index contributed by atoms with van der Waals surface area (Å²) < 4.78 is 32.5. The number of carbonyl (C=O) groups is 1. The van der Waals surface area contributed by atoms with Gasteiger partial charge in [-0.25, -0.2) is 13.1 Å². The first-order chi connectivity index (χ1) is 13.8. The standard InChI is InChI=1S/C21H35N3O4S/c1-5-17(6-2)20(24-10-12-28-13-11-24)15-22-21(25)19-14-18(9-8-16(19)4)29(26,27)23-7-3/h8-9,14,17,20,23H,5-7,10-13,15H2,1-4H3,(H,22,25)/t20-/m0/s1. The van der Waals surface area contributed by atoms with Crippen molar-refractivity contribution >= 4 is 15.9 Å². The zero-order chi connectivity index (χ0) is 21.4. The molecule has 0 saturated carbocycles. The molecule has 2 N–H and O–H groups in total. The van der Waals surface area contributed by atoms with E-state index in [1.807, 2.05) is 6.92 Å². The minimum absolute atomic E-state index is 0.111. The molecule has 0 spiro atoms. The summed E-state index contributed by atoms with van der Waals surface area (Å²) in [5.74, 6) is 0.246. The summed E-state index contributed by atoms with van der Waals surface area (Å²) in [6.07, 6.45) is 2.09. The zero-order valence-electron chi connectivity index (χ0n) is 18.0. The summed E-state index contributed by atoms with van der Waals surface area (Å²) in [5.41, 5.74) is 1.15. The molecule has 0 bridgehead atoms.